The van der Waals surface area contributed by atoms with Crippen LogP contribution in [0.25, 0.3) is 11.1 Å². The van der Waals surface area contributed by atoms with Crippen molar-refractivity contribution >= 4 is 35.5 Å². The van der Waals surface area contributed by atoms with Crippen LogP contribution in [0.5, 0.6) is 0 Å². The molecule has 0 saturated heterocycles. The highest BCUT2D eigenvalue weighted by atomic mass is 19.4. The van der Waals surface area contributed by atoms with Crippen LogP contribution >= 0.6 is 0 Å². The Hall–Kier alpha value is -5.47. The van der Waals surface area contributed by atoms with Gasteiger partial charge in [-0.05, 0) is 41.7 Å². The Morgan fingerprint density at radius 1 is 0.739 bits per heavy atom. The minimum Gasteiger partial charge on any atom is -0.481 e. The van der Waals surface area contributed by atoms with E-state index in [1.54, 1.807) is 18.3 Å². The molecule has 6 N–H and O–H groups in total. The van der Waals surface area contributed by atoms with E-state index in [0.717, 1.165) is 16.9 Å². The summed E-state index contributed by atoms with van der Waals surface area (Å²) in [6.07, 6.45) is -3.17. The Morgan fingerprint density at radius 2 is 1.33 bits per heavy atom. The SMILES string of the molecule is O=C(O)C(F)(F)F.O=C(O)CC(NC(=O)[C@H](CC(=O)O)NC(=O)CCCCNc1ccccn1)c1ccc(-c2ccccc2)cc1. The van der Waals surface area contributed by atoms with Crippen molar-refractivity contribution in [2.24, 2.45) is 0 Å². The third-order valence-electron chi connectivity index (χ3n) is 6.19. The van der Waals surface area contributed by atoms with Gasteiger partial charge in [0.2, 0.25) is 11.8 Å². The van der Waals surface area contributed by atoms with Crippen molar-refractivity contribution in [3.05, 3.63) is 84.6 Å². The monoisotopic (exact) mass is 646 g/mol. The molecule has 2 amide bonds. The van der Waals surface area contributed by atoms with Crippen LogP contribution < -0.4 is 16.0 Å². The number of nitrogens with one attached hydrogen (secondary N) is 3. The summed E-state index contributed by atoms with van der Waals surface area (Å²) in [6.45, 7) is 0.600. The number of halogens is 3. The number of carboxylic acids is 3. The first-order valence-corrected chi connectivity index (χ1v) is 13.9. The average molecular weight is 647 g/mol. The van der Waals surface area contributed by atoms with E-state index in [0.29, 0.717) is 24.9 Å². The van der Waals surface area contributed by atoms with E-state index in [1.807, 2.05) is 60.7 Å². The number of amides is 2. The third kappa shape index (κ3) is 13.9. The second kappa shape index (κ2) is 18.4. The van der Waals surface area contributed by atoms with Crippen molar-refractivity contribution in [3.8, 4) is 11.1 Å². The maximum absolute atomic E-state index is 13.0. The number of rotatable bonds is 15. The van der Waals surface area contributed by atoms with Crippen molar-refractivity contribution in [1.82, 2.24) is 15.6 Å². The Labute approximate surface area is 261 Å². The van der Waals surface area contributed by atoms with Gasteiger partial charge in [0, 0.05) is 19.2 Å². The lowest BCUT2D eigenvalue weighted by Crippen LogP contribution is -2.48. The smallest absolute Gasteiger partial charge is 0.481 e. The van der Waals surface area contributed by atoms with Crippen molar-refractivity contribution in [3.63, 3.8) is 0 Å². The second-order valence-electron chi connectivity index (χ2n) is 9.77. The van der Waals surface area contributed by atoms with Gasteiger partial charge in [0.25, 0.3) is 0 Å². The molecule has 0 fully saturated rings. The Bertz CT molecular complexity index is 1440. The molecule has 0 saturated carbocycles. The normalized spacial score (nSPS) is 12.0. The molecule has 15 heteroatoms. The van der Waals surface area contributed by atoms with Crippen LogP contribution in [0.2, 0.25) is 0 Å². The van der Waals surface area contributed by atoms with Gasteiger partial charge < -0.3 is 31.3 Å². The summed E-state index contributed by atoms with van der Waals surface area (Å²) in [5.74, 6) is -5.65. The lowest BCUT2D eigenvalue weighted by molar-refractivity contribution is -0.192. The Balaban J connectivity index is 0.000000942. The fourth-order valence-electron chi connectivity index (χ4n) is 3.98. The first-order valence-electron chi connectivity index (χ1n) is 13.9. The fourth-order valence-corrected chi connectivity index (χ4v) is 3.98. The zero-order valence-corrected chi connectivity index (χ0v) is 24.4. The standard InChI is InChI=1S/C29H32N4O6.C2HF3O2/c34-26(11-5-7-17-31-25-10-4-6-16-30-25)32-24(19-28(37)38)29(39)33-23(18-27(35)36)22-14-12-21(13-15-22)20-8-2-1-3-9-20;3-2(4,5)1(6)7/h1-4,6,8-10,12-16,23-24H,5,7,11,17-19H2,(H,30,31)(H,32,34)(H,33,39)(H,35,36)(H,37,38);(H,6,7)/t23?,24-;/m0./s1. The molecule has 0 radical (unpaired) electrons. The number of carbonyl (C=O) groups excluding carboxylic acids is 2. The second-order valence-corrected chi connectivity index (χ2v) is 9.77. The molecule has 2 atom stereocenters. The zero-order chi connectivity index (χ0) is 34.1. The summed E-state index contributed by atoms with van der Waals surface area (Å²) in [7, 11) is 0. The number of benzene rings is 2. The van der Waals surface area contributed by atoms with Crippen LogP contribution in [0.15, 0.2) is 79.0 Å². The molecule has 1 unspecified atom stereocenters. The minimum absolute atomic E-state index is 0.104. The highest BCUT2D eigenvalue weighted by Crippen LogP contribution is 2.24. The molecule has 0 spiro atoms. The van der Waals surface area contributed by atoms with Crippen LogP contribution in [0.3, 0.4) is 0 Å². The third-order valence-corrected chi connectivity index (χ3v) is 6.19. The van der Waals surface area contributed by atoms with Gasteiger partial charge in [0.1, 0.15) is 11.9 Å². The van der Waals surface area contributed by atoms with Gasteiger partial charge in [-0.3, -0.25) is 19.2 Å². The first kappa shape index (κ1) is 36.7. The van der Waals surface area contributed by atoms with E-state index in [2.05, 4.69) is 20.9 Å². The highest BCUT2D eigenvalue weighted by molar-refractivity contribution is 5.91. The van der Waals surface area contributed by atoms with Crippen LogP contribution in [0, 0.1) is 0 Å². The largest absolute Gasteiger partial charge is 0.490 e. The molecule has 0 aliphatic heterocycles. The maximum atomic E-state index is 13.0. The quantitative estimate of drug-likeness (QED) is 0.130. The molecule has 0 aliphatic rings. The summed E-state index contributed by atoms with van der Waals surface area (Å²) in [4.78, 5) is 61.4. The lowest BCUT2D eigenvalue weighted by atomic mass is 9.98. The maximum Gasteiger partial charge on any atom is 0.490 e. The van der Waals surface area contributed by atoms with Crippen molar-refractivity contribution in [2.45, 2.75) is 50.4 Å². The van der Waals surface area contributed by atoms with Gasteiger partial charge in [-0.1, -0.05) is 60.7 Å². The molecular formula is C31H33F3N4O8. The number of aromatic nitrogens is 1. The number of carbonyl (C=O) groups is 5. The van der Waals surface area contributed by atoms with Crippen LogP contribution in [0.1, 0.15) is 43.7 Å². The lowest BCUT2D eigenvalue weighted by Gasteiger charge is -2.22. The summed E-state index contributed by atoms with van der Waals surface area (Å²) < 4.78 is 31.7. The minimum atomic E-state index is -5.08. The summed E-state index contributed by atoms with van der Waals surface area (Å²) in [6, 6.07) is 20.0. The molecule has 12 nitrogen and oxygen atoms in total. The molecule has 1 heterocycles. The topological polar surface area (TPSA) is 195 Å². The number of carboxylic acid groups (broad SMARTS) is 3. The van der Waals surface area contributed by atoms with E-state index < -0.39 is 60.8 Å². The number of hydrogen-bond donors (Lipinski definition) is 6. The predicted octanol–water partition coefficient (Wildman–Crippen LogP) is 4.26. The van der Waals surface area contributed by atoms with E-state index in [4.69, 9.17) is 9.90 Å². The Morgan fingerprint density at radius 3 is 1.87 bits per heavy atom. The highest BCUT2D eigenvalue weighted by Gasteiger charge is 2.38. The predicted molar refractivity (Wildman–Crippen MR) is 159 cm³/mol. The Kier molecular flexibility index (Phi) is 14.7. The summed E-state index contributed by atoms with van der Waals surface area (Å²) >= 11 is 0. The van der Waals surface area contributed by atoms with Crippen molar-refractivity contribution in [1.29, 1.82) is 0 Å². The van der Waals surface area contributed by atoms with Gasteiger partial charge in [-0.25, -0.2) is 9.78 Å². The number of alkyl halides is 3. The van der Waals surface area contributed by atoms with Gasteiger partial charge in [-0.2, -0.15) is 13.2 Å². The van der Waals surface area contributed by atoms with Gasteiger partial charge in [0.15, 0.2) is 0 Å². The molecule has 0 bridgehead atoms. The average Bonchev–Trinajstić information content (AvgIpc) is 3.00. The molecular weight excluding hydrogens is 613 g/mol. The summed E-state index contributed by atoms with van der Waals surface area (Å²) in [5.41, 5.74) is 2.46. The molecule has 2 aromatic carbocycles. The van der Waals surface area contributed by atoms with E-state index in [1.165, 1.54) is 0 Å². The van der Waals surface area contributed by atoms with E-state index in [9.17, 15) is 42.6 Å². The molecule has 46 heavy (non-hydrogen) atoms. The molecule has 246 valence electrons. The number of anilines is 1. The number of pyridine rings is 1. The van der Waals surface area contributed by atoms with Gasteiger partial charge >= 0.3 is 24.1 Å². The van der Waals surface area contributed by atoms with Crippen molar-refractivity contribution in [2.75, 3.05) is 11.9 Å². The zero-order valence-electron chi connectivity index (χ0n) is 24.4. The summed E-state index contributed by atoms with van der Waals surface area (Å²) in [5, 5.41) is 34.1. The molecule has 0 aliphatic carbocycles. The van der Waals surface area contributed by atoms with Crippen LogP contribution in [-0.4, -0.2) is 68.8 Å². The van der Waals surface area contributed by atoms with E-state index >= 15 is 0 Å². The first-order chi connectivity index (χ1) is 21.8. The molecule has 3 aromatic rings. The van der Waals surface area contributed by atoms with E-state index in [-0.39, 0.29) is 6.42 Å². The van der Waals surface area contributed by atoms with Crippen molar-refractivity contribution < 1.29 is 52.5 Å². The number of aliphatic carboxylic acids is 3. The van der Waals surface area contributed by atoms with Gasteiger partial charge in [0.05, 0.1) is 18.9 Å². The molecule has 3 rings (SSSR count). The number of hydrogen-bond acceptors (Lipinski definition) is 7. The number of unbranched alkanes of at least 4 members (excludes halogenated alkanes) is 1. The number of nitrogens with zero attached hydrogens (tertiary/aromatic N) is 1. The van der Waals surface area contributed by atoms with Gasteiger partial charge in [-0.15, -0.1) is 0 Å². The molecule has 1 aromatic heterocycles. The van der Waals surface area contributed by atoms with Crippen LogP contribution in [0.4, 0.5) is 19.0 Å². The van der Waals surface area contributed by atoms with Crippen LogP contribution in [-0.2, 0) is 24.0 Å². The fraction of sp³-hybridized carbons (Fsp3) is 0.290.